The smallest absolute Gasteiger partial charge is 0.410 e. The largest absolute Gasteiger partial charge is 0.493 e. The van der Waals surface area contributed by atoms with E-state index in [4.69, 9.17) is 25.8 Å². The third-order valence-electron chi connectivity index (χ3n) is 4.74. The number of rotatable bonds is 4. The van der Waals surface area contributed by atoms with Gasteiger partial charge >= 0.3 is 6.09 Å². The number of methoxy groups -OCH3 is 1. The van der Waals surface area contributed by atoms with Gasteiger partial charge in [-0.05, 0) is 57.7 Å². The van der Waals surface area contributed by atoms with Gasteiger partial charge in [-0.2, -0.15) is 0 Å². The Labute approximate surface area is 176 Å². The van der Waals surface area contributed by atoms with Crippen LogP contribution in [0, 0.1) is 0 Å². The van der Waals surface area contributed by atoms with Crippen molar-refractivity contribution in [2.24, 2.45) is 0 Å². The summed E-state index contributed by atoms with van der Waals surface area (Å²) in [4.78, 5) is 18.5. The van der Waals surface area contributed by atoms with Gasteiger partial charge in [0.15, 0.2) is 11.5 Å². The summed E-state index contributed by atoms with van der Waals surface area (Å²) in [5, 5.41) is 0.459. The molecule has 0 saturated carbocycles. The second kappa shape index (κ2) is 8.91. The molecule has 1 aromatic heterocycles. The highest BCUT2D eigenvalue weighted by Gasteiger charge is 2.29. The highest BCUT2D eigenvalue weighted by molar-refractivity contribution is 6.32. The average Bonchev–Trinajstić information content (AvgIpc) is 2.69. The van der Waals surface area contributed by atoms with E-state index in [0.717, 1.165) is 18.4 Å². The van der Waals surface area contributed by atoms with Crippen LogP contribution in [0.3, 0.4) is 0 Å². The lowest BCUT2D eigenvalue weighted by Gasteiger charge is -2.33. The van der Waals surface area contributed by atoms with Crippen LogP contribution in [0.2, 0.25) is 5.02 Å². The van der Waals surface area contributed by atoms with E-state index in [9.17, 15) is 4.79 Å². The van der Waals surface area contributed by atoms with Gasteiger partial charge in [-0.3, -0.25) is 0 Å². The van der Waals surface area contributed by atoms with Gasteiger partial charge in [0, 0.05) is 24.8 Å². The Balaban J connectivity index is 1.73. The molecule has 0 atom stereocenters. The number of para-hydroxylation sites is 1. The number of pyridine rings is 1. The molecule has 1 fully saturated rings. The number of amides is 1. The van der Waals surface area contributed by atoms with E-state index in [2.05, 4.69) is 4.98 Å². The Hall–Kier alpha value is -2.47. The van der Waals surface area contributed by atoms with Crippen molar-refractivity contribution in [3.63, 3.8) is 0 Å². The number of carbonyl (C=O) groups excluding carboxylic acids is 1. The van der Waals surface area contributed by atoms with Crippen LogP contribution >= 0.6 is 11.6 Å². The van der Waals surface area contributed by atoms with Gasteiger partial charge in [-0.25, -0.2) is 9.78 Å². The second-order valence-electron chi connectivity index (χ2n) is 8.01. The van der Waals surface area contributed by atoms with Crippen molar-refractivity contribution in [1.29, 1.82) is 0 Å². The third-order valence-corrected chi connectivity index (χ3v) is 5.03. The van der Waals surface area contributed by atoms with Crippen LogP contribution in [0.5, 0.6) is 17.4 Å². The number of nitrogens with zero attached hydrogens (tertiary/aromatic N) is 2. The summed E-state index contributed by atoms with van der Waals surface area (Å²) in [6.07, 6.45) is 3.04. The van der Waals surface area contributed by atoms with Gasteiger partial charge in [-0.1, -0.05) is 23.7 Å². The number of carbonyl (C=O) groups is 1. The van der Waals surface area contributed by atoms with Gasteiger partial charge in [0.05, 0.1) is 12.1 Å². The molecule has 156 valence electrons. The summed E-state index contributed by atoms with van der Waals surface area (Å²) in [7, 11) is 1.57. The number of piperidine rings is 1. The SMILES string of the molecule is COc1cccc(Cl)c1Oc1ncccc1C1CCN(C(=O)OC(C)(C)C)CC1. The molecular weight excluding hydrogens is 392 g/mol. The number of halogens is 1. The first-order valence-corrected chi connectivity index (χ1v) is 10.1. The maximum atomic E-state index is 12.3. The minimum absolute atomic E-state index is 0.228. The van der Waals surface area contributed by atoms with E-state index < -0.39 is 5.60 Å². The molecule has 1 aliphatic rings. The van der Waals surface area contributed by atoms with E-state index in [1.54, 1.807) is 36.4 Å². The first-order chi connectivity index (χ1) is 13.8. The van der Waals surface area contributed by atoms with E-state index in [1.807, 2.05) is 32.9 Å². The van der Waals surface area contributed by atoms with Crippen LogP contribution in [0.25, 0.3) is 0 Å². The Morgan fingerprint density at radius 2 is 1.90 bits per heavy atom. The number of hydrogen-bond acceptors (Lipinski definition) is 5. The molecule has 1 aliphatic heterocycles. The van der Waals surface area contributed by atoms with Crippen LogP contribution in [0.1, 0.15) is 45.1 Å². The predicted molar refractivity (Wildman–Crippen MR) is 112 cm³/mol. The maximum absolute atomic E-state index is 12.3. The fourth-order valence-corrected chi connectivity index (χ4v) is 3.55. The summed E-state index contributed by atoms with van der Waals surface area (Å²) in [6.45, 7) is 6.88. The topological polar surface area (TPSA) is 60.9 Å². The van der Waals surface area contributed by atoms with Crippen LogP contribution in [-0.2, 0) is 4.74 Å². The zero-order chi connectivity index (χ0) is 21.0. The Bertz CT molecular complexity index is 858. The first kappa shape index (κ1) is 21.2. The Morgan fingerprint density at radius 3 is 2.55 bits per heavy atom. The Morgan fingerprint density at radius 1 is 1.17 bits per heavy atom. The number of benzene rings is 1. The summed E-state index contributed by atoms with van der Waals surface area (Å²) in [5.41, 5.74) is 0.505. The molecule has 1 saturated heterocycles. The molecule has 0 unspecified atom stereocenters. The zero-order valence-electron chi connectivity index (χ0n) is 17.3. The van der Waals surface area contributed by atoms with E-state index in [0.29, 0.717) is 35.5 Å². The molecule has 2 heterocycles. The van der Waals surface area contributed by atoms with Gasteiger partial charge in [0.25, 0.3) is 0 Å². The number of hydrogen-bond donors (Lipinski definition) is 0. The second-order valence-corrected chi connectivity index (χ2v) is 8.42. The van der Waals surface area contributed by atoms with Crippen LogP contribution < -0.4 is 9.47 Å². The normalized spacial score (nSPS) is 15.1. The molecule has 29 heavy (non-hydrogen) atoms. The number of likely N-dealkylation sites (tertiary alicyclic amines) is 1. The molecule has 0 aliphatic carbocycles. The van der Waals surface area contributed by atoms with Crippen LogP contribution in [-0.4, -0.2) is 41.8 Å². The van der Waals surface area contributed by atoms with E-state index in [-0.39, 0.29) is 12.0 Å². The van der Waals surface area contributed by atoms with E-state index >= 15 is 0 Å². The van der Waals surface area contributed by atoms with Crippen molar-refractivity contribution in [1.82, 2.24) is 9.88 Å². The van der Waals surface area contributed by atoms with Crippen LogP contribution in [0.15, 0.2) is 36.5 Å². The lowest BCUT2D eigenvalue weighted by atomic mass is 9.90. The average molecular weight is 419 g/mol. The quantitative estimate of drug-likeness (QED) is 0.641. The molecule has 0 radical (unpaired) electrons. The number of aromatic nitrogens is 1. The standard InChI is InChI=1S/C22H27ClN2O4/c1-22(2,3)29-21(26)25-13-10-15(11-14-25)16-7-6-12-24-20(16)28-19-17(23)8-5-9-18(19)27-4/h5-9,12,15H,10-11,13-14H2,1-4H3. The molecule has 3 rings (SSSR count). The molecule has 7 heteroatoms. The fraction of sp³-hybridized carbons (Fsp3) is 0.455. The molecule has 1 amide bonds. The van der Waals surface area contributed by atoms with Crippen molar-refractivity contribution in [3.8, 4) is 17.4 Å². The molecule has 0 N–H and O–H groups in total. The van der Waals surface area contributed by atoms with Crippen LogP contribution in [0.4, 0.5) is 4.79 Å². The lowest BCUT2D eigenvalue weighted by molar-refractivity contribution is 0.0204. The fourth-order valence-electron chi connectivity index (χ4n) is 3.34. The molecule has 1 aromatic carbocycles. The summed E-state index contributed by atoms with van der Waals surface area (Å²) in [5.74, 6) is 1.73. The summed E-state index contributed by atoms with van der Waals surface area (Å²) >= 11 is 6.31. The van der Waals surface area contributed by atoms with Gasteiger partial charge < -0.3 is 19.1 Å². The minimum Gasteiger partial charge on any atom is -0.493 e. The highest BCUT2D eigenvalue weighted by Crippen LogP contribution is 2.41. The van der Waals surface area contributed by atoms with Crippen molar-refractivity contribution in [2.75, 3.05) is 20.2 Å². The Kier molecular flexibility index (Phi) is 6.52. The highest BCUT2D eigenvalue weighted by atomic mass is 35.5. The van der Waals surface area contributed by atoms with E-state index in [1.165, 1.54) is 0 Å². The first-order valence-electron chi connectivity index (χ1n) is 9.71. The zero-order valence-corrected chi connectivity index (χ0v) is 18.0. The van der Waals surface area contributed by atoms with Crippen molar-refractivity contribution < 1.29 is 19.0 Å². The van der Waals surface area contributed by atoms with Crippen molar-refractivity contribution in [3.05, 3.63) is 47.1 Å². The minimum atomic E-state index is -0.494. The van der Waals surface area contributed by atoms with Gasteiger partial charge in [0.2, 0.25) is 5.88 Å². The monoisotopic (exact) mass is 418 g/mol. The van der Waals surface area contributed by atoms with Crippen molar-refractivity contribution in [2.45, 2.75) is 45.1 Å². The number of ether oxygens (including phenoxy) is 3. The summed E-state index contributed by atoms with van der Waals surface area (Å²) in [6, 6.07) is 9.26. The maximum Gasteiger partial charge on any atom is 0.410 e. The molecule has 0 bridgehead atoms. The lowest BCUT2D eigenvalue weighted by Crippen LogP contribution is -2.41. The molecule has 6 nitrogen and oxygen atoms in total. The molecule has 2 aromatic rings. The van der Waals surface area contributed by atoms with Gasteiger partial charge in [-0.15, -0.1) is 0 Å². The third kappa shape index (κ3) is 5.32. The van der Waals surface area contributed by atoms with Gasteiger partial charge in [0.1, 0.15) is 5.60 Å². The summed E-state index contributed by atoms with van der Waals surface area (Å²) < 4.78 is 16.9. The molecule has 0 spiro atoms. The van der Waals surface area contributed by atoms with Crippen molar-refractivity contribution >= 4 is 17.7 Å². The predicted octanol–water partition coefficient (Wildman–Crippen LogP) is 5.65. The molecular formula is C22H27ClN2O4.